The fourth-order valence-corrected chi connectivity index (χ4v) is 2.57. The summed E-state index contributed by atoms with van der Waals surface area (Å²) in [6, 6.07) is -1.84. The molecule has 17 heteroatoms. The third kappa shape index (κ3) is 9.46. The fourth-order valence-electron chi connectivity index (χ4n) is 2.26. The molecule has 0 aromatic rings. The van der Waals surface area contributed by atoms with Crippen molar-refractivity contribution in [2.24, 2.45) is 4.99 Å². The third-order valence-corrected chi connectivity index (χ3v) is 4.06. The Labute approximate surface area is 197 Å². The first-order chi connectivity index (χ1) is 13.8. The van der Waals surface area contributed by atoms with Crippen LogP contribution < -0.4 is 34.7 Å². The molecule has 31 heavy (non-hydrogen) atoms. The van der Waals surface area contributed by atoms with Crippen LogP contribution in [-0.2, 0) is 33.6 Å². The molecule has 7 atom stereocenters. The summed E-state index contributed by atoms with van der Waals surface area (Å²) in [7, 11) is -5.01. The summed E-state index contributed by atoms with van der Waals surface area (Å²) in [5.74, 6) is -3.44. The minimum absolute atomic E-state index is 0. The zero-order chi connectivity index (χ0) is 23.2. The minimum Gasteiger partial charge on any atom is -0.862 e. The molecule has 6 N–H and O–H groups in total. The van der Waals surface area contributed by atoms with Crippen molar-refractivity contribution in [2.45, 2.75) is 49.8 Å². The van der Waals surface area contributed by atoms with Gasteiger partial charge in [-0.05, 0) is 18.9 Å². The number of aliphatic carboxylic acids is 1. The first-order valence-corrected chi connectivity index (χ1v) is 9.41. The van der Waals surface area contributed by atoms with Gasteiger partial charge in [-0.25, -0.2) is 8.98 Å². The number of carboxylic acids is 1. The molecule has 0 aromatic carbocycles. The summed E-state index contributed by atoms with van der Waals surface area (Å²) in [5, 5.41) is 60.0. The summed E-state index contributed by atoms with van der Waals surface area (Å²) >= 11 is 0. The van der Waals surface area contributed by atoms with Gasteiger partial charge in [-0.3, -0.25) is 9.55 Å². The number of nitrogens with zero attached hydrogens (tertiary/aromatic N) is 1. The zero-order valence-corrected chi connectivity index (χ0v) is 19.0. The number of hydrogen-bond donors (Lipinski definition) is 6. The normalized spacial score (nSPS) is 25.8. The Morgan fingerprint density at radius 1 is 1.39 bits per heavy atom. The van der Waals surface area contributed by atoms with Gasteiger partial charge in [-0.2, -0.15) is 8.42 Å². The van der Waals surface area contributed by atoms with Gasteiger partial charge in [-0.15, -0.1) is 0 Å². The van der Waals surface area contributed by atoms with Crippen LogP contribution in [0, 0.1) is 0 Å². The third-order valence-electron chi connectivity index (χ3n) is 3.62. The monoisotopic (exact) mass is 481 g/mol. The molecule has 7 unspecified atom stereocenters. The Hall–Kier alpha value is -1.18. The first kappa shape index (κ1) is 29.8. The molecule has 0 bridgehead atoms. The molecule has 0 saturated carbocycles. The average Bonchev–Trinajstić information content (AvgIpc) is 2.63. The van der Waals surface area contributed by atoms with Crippen LogP contribution in [0.15, 0.2) is 16.8 Å². The zero-order valence-electron chi connectivity index (χ0n) is 16.2. The van der Waals surface area contributed by atoms with E-state index in [-0.39, 0.29) is 35.8 Å². The van der Waals surface area contributed by atoms with E-state index in [2.05, 4.69) is 9.18 Å². The van der Waals surface area contributed by atoms with Gasteiger partial charge in [0.2, 0.25) is 12.0 Å². The quantitative estimate of drug-likeness (QED) is 0.0527. The van der Waals surface area contributed by atoms with Crippen LogP contribution in [0.4, 0.5) is 0 Å². The molecule has 15 nitrogen and oxygen atoms in total. The van der Waals surface area contributed by atoms with E-state index in [1.165, 1.54) is 0 Å². The van der Waals surface area contributed by atoms with Crippen molar-refractivity contribution in [1.82, 2.24) is 0 Å². The average molecular weight is 481 g/mol. The fraction of sp³-hybridized carbons (Fsp3) is 0.643. The largest absolute Gasteiger partial charge is 1.00 e. The van der Waals surface area contributed by atoms with E-state index in [0.717, 1.165) is 6.92 Å². The van der Waals surface area contributed by atoms with Crippen LogP contribution in [0.5, 0.6) is 0 Å². The molecular formula is C14H20NNaO14S. The Morgan fingerprint density at radius 2 is 1.97 bits per heavy atom. The molecule has 0 saturated heterocycles. The maximum atomic E-state index is 11.3. The predicted molar refractivity (Wildman–Crippen MR) is 90.0 cm³/mol. The van der Waals surface area contributed by atoms with Gasteiger partial charge in [0.15, 0.2) is 0 Å². The van der Waals surface area contributed by atoms with Crippen LogP contribution in [0.2, 0.25) is 0 Å². The number of hydrogen-bond acceptors (Lipinski definition) is 13. The second-order valence-electron chi connectivity index (χ2n) is 5.95. The molecule has 0 amide bonds. The van der Waals surface area contributed by atoms with Crippen LogP contribution in [0.25, 0.3) is 0 Å². The van der Waals surface area contributed by atoms with Crippen molar-refractivity contribution in [2.75, 3.05) is 6.61 Å². The van der Waals surface area contributed by atoms with Crippen molar-refractivity contribution in [3.8, 4) is 0 Å². The van der Waals surface area contributed by atoms with Gasteiger partial charge in [0.25, 0.3) is 0 Å². The number of aliphatic hydroxyl groups is 4. The van der Waals surface area contributed by atoms with Crippen molar-refractivity contribution in [1.29, 1.82) is 0 Å². The number of aliphatic imine (C=N–C) groups is 1. The van der Waals surface area contributed by atoms with Crippen molar-refractivity contribution in [3.05, 3.63) is 11.8 Å². The molecule has 172 valence electrons. The Bertz CT molecular complexity index is 782. The van der Waals surface area contributed by atoms with E-state index >= 15 is 0 Å². The van der Waals surface area contributed by atoms with E-state index in [4.69, 9.17) is 19.1 Å². The maximum absolute atomic E-state index is 11.3. The molecule has 0 radical (unpaired) electrons. The SMILES string of the molecule is CC([O-])=NC(C=O)C(OC1OC(C(=O)O)=CC(O)C1O)C(O)C(O)COS(=O)(=O)O.[Na+]. The number of carboxylic acid groups (broad SMARTS) is 1. The summed E-state index contributed by atoms with van der Waals surface area (Å²) in [4.78, 5) is 25.7. The molecule has 1 aliphatic heterocycles. The second-order valence-corrected chi connectivity index (χ2v) is 7.04. The van der Waals surface area contributed by atoms with Gasteiger partial charge in [0.1, 0.15) is 42.8 Å². The molecule has 0 spiro atoms. The van der Waals surface area contributed by atoms with Gasteiger partial charge < -0.3 is 44.9 Å². The van der Waals surface area contributed by atoms with E-state index in [9.17, 15) is 43.5 Å². The smallest absolute Gasteiger partial charge is 0.862 e. The molecule has 0 aliphatic carbocycles. The van der Waals surface area contributed by atoms with Crippen LogP contribution in [-0.4, -0.2) is 106 Å². The number of aldehydes is 1. The number of ether oxygens (including phenoxy) is 2. The van der Waals surface area contributed by atoms with Crippen LogP contribution in [0.3, 0.4) is 0 Å². The number of aliphatic hydroxyl groups excluding tert-OH is 4. The maximum Gasteiger partial charge on any atom is 1.00 e. The topological polar surface area (TPSA) is 253 Å². The van der Waals surface area contributed by atoms with E-state index in [1.54, 1.807) is 0 Å². The molecule has 1 heterocycles. The number of carbonyl (C=O) groups excluding carboxylic acids is 1. The molecule has 1 rings (SSSR count). The van der Waals surface area contributed by atoms with E-state index in [0.29, 0.717) is 6.08 Å². The summed E-state index contributed by atoms with van der Waals surface area (Å²) in [5.41, 5.74) is 0. The molecular weight excluding hydrogens is 461 g/mol. The predicted octanol–water partition coefficient (Wildman–Crippen LogP) is -7.69. The van der Waals surface area contributed by atoms with E-state index < -0.39 is 77.5 Å². The van der Waals surface area contributed by atoms with Crippen molar-refractivity contribution >= 4 is 28.6 Å². The Kier molecular flexibility index (Phi) is 12.3. The van der Waals surface area contributed by atoms with Gasteiger partial charge in [0.05, 0.1) is 6.61 Å². The molecule has 0 fully saturated rings. The van der Waals surface area contributed by atoms with E-state index in [1.807, 2.05) is 0 Å². The summed E-state index contributed by atoms with van der Waals surface area (Å²) in [6.45, 7) is -0.290. The molecule has 0 aromatic heterocycles. The standard InChI is InChI=1S/C14H21NO14S.Na/c1-5(17)15-6(3-16)12(10(20)8(19)4-27-30(24,25)26)29-14-11(21)7(18)2-9(28-14)13(22)23;/h2-3,6-8,10-12,14,18-21H,4H2,1H3,(H,15,17)(H,22,23)(H,24,25,26);/q;+1/p-1. The van der Waals surface area contributed by atoms with Gasteiger partial charge >= 0.3 is 45.9 Å². The Morgan fingerprint density at radius 3 is 2.42 bits per heavy atom. The molecule has 1 aliphatic rings. The van der Waals surface area contributed by atoms with Crippen molar-refractivity contribution in [3.63, 3.8) is 0 Å². The van der Waals surface area contributed by atoms with Gasteiger partial charge in [0, 0.05) is 0 Å². The van der Waals surface area contributed by atoms with Crippen LogP contribution in [0.1, 0.15) is 6.92 Å². The summed E-state index contributed by atoms with van der Waals surface area (Å²) < 4.78 is 43.6. The summed E-state index contributed by atoms with van der Waals surface area (Å²) in [6.07, 6.45) is -11.5. The van der Waals surface area contributed by atoms with Crippen LogP contribution >= 0.6 is 0 Å². The van der Waals surface area contributed by atoms with Crippen molar-refractivity contribution < 1.29 is 96.4 Å². The number of rotatable bonds is 11. The first-order valence-electron chi connectivity index (χ1n) is 8.04. The number of carbonyl (C=O) groups is 2. The van der Waals surface area contributed by atoms with Gasteiger partial charge in [-0.1, -0.05) is 0 Å². The second kappa shape index (κ2) is 12.8. The Balaban J connectivity index is 0.00000900. The minimum atomic E-state index is -5.01.